The average molecular weight is 297 g/mol. The predicted octanol–water partition coefficient (Wildman–Crippen LogP) is 1.21. The number of nitrogens with two attached hydrogens (primary N) is 1. The van der Waals surface area contributed by atoms with Gasteiger partial charge < -0.3 is 29.4 Å². The lowest BCUT2D eigenvalue weighted by atomic mass is 10.1. The molecule has 7 heteroatoms. The van der Waals surface area contributed by atoms with Crippen molar-refractivity contribution in [3.8, 4) is 11.5 Å². The minimum Gasteiger partial charge on any atom is -0.462 e. The average Bonchev–Trinajstić information content (AvgIpc) is 2.92. The number of carbonyl (C=O) groups is 1. The summed E-state index contributed by atoms with van der Waals surface area (Å²) in [5.41, 5.74) is 6.39. The summed E-state index contributed by atoms with van der Waals surface area (Å²) in [6.07, 6.45) is 0.611. The third-order valence-electron chi connectivity index (χ3n) is 2.86. The molecule has 0 atom stereocenters. The Hall–Kier alpha value is -1.99. The Kier molecular flexibility index (Phi) is 5.65. The number of hydrogen-bond donors (Lipinski definition) is 1. The van der Waals surface area contributed by atoms with Crippen molar-refractivity contribution in [3.63, 3.8) is 0 Å². The van der Waals surface area contributed by atoms with E-state index in [1.165, 1.54) is 6.07 Å². The number of rotatable bonds is 8. The van der Waals surface area contributed by atoms with Crippen LogP contribution in [-0.4, -0.2) is 46.3 Å². The highest BCUT2D eigenvalue weighted by molar-refractivity contribution is 5.96. The minimum absolute atomic E-state index is 0.131. The van der Waals surface area contributed by atoms with E-state index in [1.54, 1.807) is 13.2 Å². The van der Waals surface area contributed by atoms with Crippen molar-refractivity contribution in [2.24, 2.45) is 0 Å². The highest BCUT2D eigenvalue weighted by Crippen LogP contribution is 2.36. The molecular formula is C14H19NO6. The lowest BCUT2D eigenvalue weighted by Crippen LogP contribution is -2.11. The number of ether oxygens (including phenoxy) is 5. The molecule has 0 aromatic heterocycles. The van der Waals surface area contributed by atoms with Gasteiger partial charge in [-0.15, -0.1) is 0 Å². The zero-order chi connectivity index (χ0) is 15.1. The maximum absolute atomic E-state index is 11.9. The summed E-state index contributed by atoms with van der Waals surface area (Å²) in [5, 5.41) is 0. The molecule has 0 amide bonds. The second kappa shape index (κ2) is 7.70. The van der Waals surface area contributed by atoms with E-state index in [0.717, 1.165) is 0 Å². The van der Waals surface area contributed by atoms with E-state index in [2.05, 4.69) is 0 Å². The molecule has 0 spiro atoms. The van der Waals surface area contributed by atoms with Gasteiger partial charge in [-0.3, -0.25) is 0 Å². The molecule has 0 radical (unpaired) electrons. The quantitative estimate of drug-likeness (QED) is 0.438. The van der Waals surface area contributed by atoms with Crippen molar-refractivity contribution in [2.45, 2.75) is 6.42 Å². The predicted molar refractivity (Wildman–Crippen MR) is 74.6 cm³/mol. The molecule has 1 aromatic carbocycles. The lowest BCUT2D eigenvalue weighted by Gasteiger charge is -2.08. The van der Waals surface area contributed by atoms with Gasteiger partial charge in [0.25, 0.3) is 0 Å². The van der Waals surface area contributed by atoms with Gasteiger partial charge in [0, 0.05) is 32.3 Å². The summed E-state index contributed by atoms with van der Waals surface area (Å²) in [4.78, 5) is 11.9. The fraction of sp³-hybridized carbons (Fsp3) is 0.500. The van der Waals surface area contributed by atoms with Crippen LogP contribution < -0.4 is 15.2 Å². The number of carbonyl (C=O) groups excluding carboxylic acids is 1. The third kappa shape index (κ3) is 4.24. The van der Waals surface area contributed by atoms with Crippen molar-refractivity contribution in [2.75, 3.05) is 46.1 Å². The smallest absolute Gasteiger partial charge is 0.340 e. The molecule has 7 nitrogen and oxygen atoms in total. The SMILES string of the molecule is COCCOCCCOC(=O)c1cc2c(cc1N)OCO2. The van der Waals surface area contributed by atoms with Crippen LogP contribution in [0, 0.1) is 0 Å². The number of benzene rings is 1. The Morgan fingerprint density at radius 2 is 1.95 bits per heavy atom. The van der Waals surface area contributed by atoms with Crippen LogP contribution in [0.15, 0.2) is 12.1 Å². The Labute approximate surface area is 122 Å². The molecule has 0 saturated carbocycles. The normalized spacial score (nSPS) is 12.4. The van der Waals surface area contributed by atoms with Gasteiger partial charge in [0.1, 0.15) is 0 Å². The number of fused-ring (bicyclic) bond motifs is 1. The maximum atomic E-state index is 11.9. The van der Waals surface area contributed by atoms with Crippen LogP contribution in [0.4, 0.5) is 5.69 Å². The van der Waals surface area contributed by atoms with Crippen molar-refractivity contribution >= 4 is 11.7 Å². The number of anilines is 1. The van der Waals surface area contributed by atoms with Gasteiger partial charge in [-0.2, -0.15) is 0 Å². The summed E-state index contributed by atoms with van der Waals surface area (Å²) in [6.45, 7) is 1.98. The first-order valence-corrected chi connectivity index (χ1v) is 6.65. The van der Waals surface area contributed by atoms with Crippen LogP contribution >= 0.6 is 0 Å². The summed E-state index contributed by atoms with van der Waals surface area (Å²) in [5.74, 6) is 0.553. The van der Waals surface area contributed by atoms with Crippen LogP contribution in [0.25, 0.3) is 0 Å². The minimum atomic E-state index is -0.484. The standard InChI is InChI=1S/C14H19NO6/c1-17-5-6-18-3-2-4-19-14(16)10-7-12-13(8-11(10)15)21-9-20-12/h7-8H,2-6,9,15H2,1H3. The van der Waals surface area contributed by atoms with E-state index in [4.69, 9.17) is 29.4 Å². The van der Waals surface area contributed by atoms with Crippen LogP contribution in [0.5, 0.6) is 11.5 Å². The van der Waals surface area contributed by atoms with E-state index in [-0.39, 0.29) is 19.0 Å². The summed E-state index contributed by atoms with van der Waals surface area (Å²) in [6, 6.07) is 3.10. The molecule has 1 aromatic rings. The van der Waals surface area contributed by atoms with Crippen molar-refractivity contribution < 1.29 is 28.5 Å². The van der Waals surface area contributed by atoms with Gasteiger partial charge in [0.15, 0.2) is 11.5 Å². The molecule has 0 unspecified atom stereocenters. The summed E-state index contributed by atoms with van der Waals surface area (Å²) in [7, 11) is 1.61. The molecule has 116 valence electrons. The monoisotopic (exact) mass is 297 g/mol. The third-order valence-corrected chi connectivity index (χ3v) is 2.86. The van der Waals surface area contributed by atoms with Crippen LogP contribution in [-0.2, 0) is 14.2 Å². The molecule has 1 aliphatic rings. The van der Waals surface area contributed by atoms with Crippen LogP contribution in [0.3, 0.4) is 0 Å². The Balaban J connectivity index is 1.76. The largest absolute Gasteiger partial charge is 0.462 e. The molecular weight excluding hydrogens is 278 g/mol. The Bertz CT molecular complexity index is 491. The molecule has 0 saturated heterocycles. The Morgan fingerprint density at radius 1 is 1.19 bits per heavy atom. The number of esters is 1. The summed E-state index contributed by atoms with van der Waals surface area (Å²) < 4.78 is 25.7. The van der Waals surface area contributed by atoms with Crippen LogP contribution in [0.1, 0.15) is 16.8 Å². The van der Waals surface area contributed by atoms with Gasteiger partial charge in [-0.25, -0.2) is 4.79 Å². The zero-order valence-electron chi connectivity index (χ0n) is 11.9. The second-order valence-electron chi connectivity index (χ2n) is 4.39. The topological polar surface area (TPSA) is 89.2 Å². The molecule has 2 rings (SSSR count). The van der Waals surface area contributed by atoms with Crippen molar-refractivity contribution in [1.29, 1.82) is 0 Å². The second-order valence-corrected chi connectivity index (χ2v) is 4.39. The molecule has 2 N–H and O–H groups in total. The first-order valence-electron chi connectivity index (χ1n) is 6.65. The van der Waals surface area contributed by atoms with Crippen LogP contribution in [0.2, 0.25) is 0 Å². The van der Waals surface area contributed by atoms with Gasteiger partial charge in [-0.05, 0) is 0 Å². The maximum Gasteiger partial charge on any atom is 0.340 e. The Morgan fingerprint density at radius 3 is 2.71 bits per heavy atom. The van der Waals surface area contributed by atoms with E-state index in [9.17, 15) is 4.79 Å². The molecule has 0 bridgehead atoms. The van der Waals surface area contributed by atoms with E-state index >= 15 is 0 Å². The van der Waals surface area contributed by atoms with E-state index < -0.39 is 5.97 Å². The highest BCUT2D eigenvalue weighted by Gasteiger charge is 2.20. The summed E-state index contributed by atoms with van der Waals surface area (Å²) >= 11 is 0. The lowest BCUT2D eigenvalue weighted by molar-refractivity contribution is 0.0386. The van der Waals surface area contributed by atoms with Gasteiger partial charge in [-0.1, -0.05) is 0 Å². The molecule has 21 heavy (non-hydrogen) atoms. The fourth-order valence-corrected chi connectivity index (χ4v) is 1.78. The molecule has 1 heterocycles. The van der Waals surface area contributed by atoms with E-state index in [0.29, 0.717) is 43.4 Å². The fourth-order valence-electron chi connectivity index (χ4n) is 1.78. The van der Waals surface area contributed by atoms with Crippen molar-refractivity contribution in [3.05, 3.63) is 17.7 Å². The first kappa shape index (κ1) is 15.4. The number of hydrogen-bond acceptors (Lipinski definition) is 7. The van der Waals surface area contributed by atoms with Gasteiger partial charge in [0.2, 0.25) is 6.79 Å². The van der Waals surface area contributed by atoms with E-state index in [1.807, 2.05) is 0 Å². The molecule has 0 aliphatic carbocycles. The molecule has 0 fully saturated rings. The first-order chi connectivity index (χ1) is 10.2. The van der Waals surface area contributed by atoms with Gasteiger partial charge >= 0.3 is 5.97 Å². The van der Waals surface area contributed by atoms with Crippen molar-refractivity contribution in [1.82, 2.24) is 0 Å². The molecule has 1 aliphatic heterocycles. The number of methoxy groups -OCH3 is 1. The number of nitrogen functional groups attached to an aromatic ring is 1. The highest BCUT2D eigenvalue weighted by atomic mass is 16.7. The van der Waals surface area contributed by atoms with Gasteiger partial charge in [0.05, 0.1) is 31.1 Å². The zero-order valence-corrected chi connectivity index (χ0v) is 11.9.